The van der Waals surface area contributed by atoms with Gasteiger partial charge in [-0.05, 0) is 36.4 Å². The number of carbonyl (C=O) groups is 1. The first-order valence-corrected chi connectivity index (χ1v) is 11.8. The maximum Gasteiger partial charge on any atom is 0.282 e. The summed E-state index contributed by atoms with van der Waals surface area (Å²) in [4.78, 5) is 28.3. The standard InChI is InChI=1S/C22H16ClF2N3O4S/c1-33(31,32)27-22(30)20-18(14-5-3-9-26-21(14)29)15-10-13(23)7-8-17(15)28(20)11-12-4-2-6-16(24)19(12)25/h2-10H,11H2,1H3,(H,26,29)(H,27,30). The molecule has 0 aliphatic carbocycles. The smallest absolute Gasteiger partial charge is 0.282 e. The average molecular weight is 492 g/mol. The number of hydrogen-bond donors (Lipinski definition) is 2. The van der Waals surface area contributed by atoms with Crippen molar-refractivity contribution in [1.82, 2.24) is 14.3 Å². The van der Waals surface area contributed by atoms with E-state index in [4.69, 9.17) is 11.6 Å². The molecule has 0 aliphatic rings. The van der Waals surface area contributed by atoms with Crippen molar-refractivity contribution in [2.45, 2.75) is 6.54 Å². The summed E-state index contributed by atoms with van der Waals surface area (Å²) in [5.74, 6) is -3.23. The highest BCUT2D eigenvalue weighted by atomic mass is 35.5. The van der Waals surface area contributed by atoms with Gasteiger partial charge in [-0.2, -0.15) is 0 Å². The van der Waals surface area contributed by atoms with Crippen LogP contribution in [0.4, 0.5) is 8.78 Å². The van der Waals surface area contributed by atoms with Crippen molar-refractivity contribution in [2.75, 3.05) is 6.26 Å². The molecule has 4 aromatic rings. The van der Waals surface area contributed by atoms with Gasteiger partial charge in [0.05, 0.1) is 12.8 Å². The number of carbonyl (C=O) groups excluding carboxylic acids is 1. The molecule has 0 bridgehead atoms. The molecule has 0 atom stereocenters. The van der Waals surface area contributed by atoms with Crippen LogP contribution in [0.5, 0.6) is 0 Å². The van der Waals surface area contributed by atoms with Crippen LogP contribution in [0.15, 0.2) is 59.5 Å². The largest absolute Gasteiger partial charge is 0.331 e. The van der Waals surface area contributed by atoms with E-state index in [1.54, 1.807) is 6.07 Å². The first-order valence-electron chi connectivity index (χ1n) is 9.51. The van der Waals surface area contributed by atoms with Crippen LogP contribution in [-0.4, -0.2) is 30.1 Å². The van der Waals surface area contributed by atoms with Crippen molar-refractivity contribution >= 4 is 38.4 Å². The van der Waals surface area contributed by atoms with Crippen molar-refractivity contribution in [1.29, 1.82) is 0 Å². The van der Waals surface area contributed by atoms with Crippen LogP contribution in [0.2, 0.25) is 5.02 Å². The Morgan fingerprint density at radius 3 is 2.61 bits per heavy atom. The van der Waals surface area contributed by atoms with E-state index in [9.17, 15) is 26.8 Å². The van der Waals surface area contributed by atoms with Gasteiger partial charge in [0.1, 0.15) is 5.69 Å². The lowest BCUT2D eigenvalue weighted by molar-refractivity contribution is 0.0974. The van der Waals surface area contributed by atoms with Crippen LogP contribution in [-0.2, 0) is 16.6 Å². The number of rotatable bonds is 5. The fraction of sp³-hybridized carbons (Fsp3) is 0.0909. The van der Waals surface area contributed by atoms with Crippen LogP contribution in [0.3, 0.4) is 0 Å². The van der Waals surface area contributed by atoms with E-state index in [1.165, 1.54) is 47.2 Å². The van der Waals surface area contributed by atoms with Gasteiger partial charge in [0, 0.05) is 38.8 Å². The zero-order valence-corrected chi connectivity index (χ0v) is 18.6. The second-order valence-electron chi connectivity index (χ2n) is 7.30. The molecule has 0 radical (unpaired) electrons. The third-order valence-electron chi connectivity index (χ3n) is 4.97. The molecular weight excluding hydrogens is 476 g/mol. The number of nitrogens with zero attached hydrogens (tertiary/aromatic N) is 1. The minimum Gasteiger partial charge on any atom is -0.331 e. The van der Waals surface area contributed by atoms with E-state index in [0.717, 1.165) is 12.3 Å². The average Bonchev–Trinajstić information content (AvgIpc) is 3.04. The molecule has 11 heteroatoms. The third-order valence-corrected chi connectivity index (χ3v) is 5.76. The predicted molar refractivity (Wildman–Crippen MR) is 121 cm³/mol. The molecule has 2 heterocycles. The molecule has 0 fully saturated rings. The summed E-state index contributed by atoms with van der Waals surface area (Å²) in [6, 6.07) is 11.2. The van der Waals surface area contributed by atoms with Gasteiger partial charge in [-0.3, -0.25) is 9.59 Å². The number of benzene rings is 2. The Bertz CT molecular complexity index is 1580. The van der Waals surface area contributed by atoms with E-state index >= 15 is 0 Å². The molecule has 2 aromatic carbocycles. The first-order chi connectivity index (χ1) is 15.6. The van der Waals surface area contributed by atoms with Gasteiger partial charge in [0.25, 0.3) is 11.5 Å². The van der Waals surface area contributed by atoms with Crippen LogP contribution in [0.25, 0.3) is 22.0 Å². The molecule has 0 spiro atoms. The zero-order valence-electron chi connectivity index (χ0n) is 17.0. The van der Waals surface area contributed by atoms with E-state index < -0.39 is 33.1 Å². The van der Waals surface area contributed by atoms with Crippen molar-refractivity contribution in [3.63, 3.8) is 0 Å². The summed E-state index contributed by atoms with van der Waals surface area (Å²) in [6.07, 6.45) is 2.20. The SMILES string of the molecule is CS(=O)(=O)NC(=O)c1c(-c2ccc[nH]c2=O)c2cc(Cl)ccc2n1Cc1cccc(F)c1F. The molecule has 1 amide bonds. The maximum atomic E-state index is 14.5. The molecule has 0 aliphatic heterocycles. The molecule has 0 unspecified atom stereocenters. The summed E-state index contributed by atoms with van der Waals surface area (Å²) in [7, 11) is -3.99. The third kappa shape index (κ3) is 4.39. The number of aromatic amines is 1. The zero-order chi connectivity index (χ0) is 23.9. The summed E-state index contributed by atoms with van der Waals surface area (Å²) in [6.45, 7) is -0.320. The number of halogens is 3. The van der Waals surface area contributed by atoms with E-state index in [1.807, 2.05) is 4.72 Å². The minimum absolute atomic E-state index is 0.0712. The summed E-state index contributed by atoms with van der Waals surface area (Å²) in [5.41, 5.74) is -0.308. The fourth-order valence-electron chi connectivity index (χ4n) is 3.68. The Labute approximate surface area is 191 Å². The lowest BCUT2D eigenvalue weighted by Crippen LogP contribution is -2.32. The summed E-state index contributed by atoms with van der Waals surface area (Å²) >= 11 is 6.17. The van der Waals surface area contributed by atoms with Gasteiger partial charge in [-0.25, -0.2) is 21.9 Å². The van der Waals surface area contributed by atoms with E-state index in [2.05, 4.69) is 4.98 Å². The van der Waals surface area contributed by atoms with Crippen LogP contribution in [0, 0.1) is 11.6 Å². The lowest BCUT2D eigenvalue weighted by Gasteiger charge is -2.13. The molecular formula is C22H16ClF2N3O4S. The lowest BCUT2D eigenvalue weighted by atomic mass is 10.0. The van der Waals surface area contributed by atoms with Gasteiger partial charge >= 0.3 is 0 Å². The number of hydrogen-bond acceptors (Lipinski definition) is 4. The highest BCUT2D eigenvalue weighted by Gasteiger charge is 2.28. The van der Waals surface area contributed by atoms with Gasteiger partial charge < -0.3 is 9.55 Å². The highest BCUT2D eigenvalue weighted by molar-refractivity contribution is 7.89. The summed E-state index contributed by atoms with van der Waals surface area (Å²) < 4.78 is 55.2. The predicted octanol–water partition coefficient (Wildman–Crippen LogP) is 3.67. The topological polar surface area (TPSA) is 101 Å². The quantitative estimate of drug-likeness (QED) is 0.445. The molecule has 0 saturated heterocycles. The van der Waals surface area contributed by atoms with Crippen molar-refractivity contribution < 1.29 is 22.0 Å². The number of H-pyrrole nitrogens is 1. The first kappa shape index (κ1) is 22.7. The number of pyridine rings is 1. The van der Waals surface area contributed by atoms with Crippen LogP contribution < -0.4 is 10.3 Å². The number of fused-ring (bicyclic) bond motifs is 1. The number of nitrogens with one attached hydrogen (secondary N) is 2. The molecule has 2 aromatic heterocycles. The molecule has 170 valence electrons. The molecule has 4 rings (SSSR count). The molecule has 33 heavy (non-hydrogen) atoms. The van der Waals surface area contributed by atoms with E-state index in [0.29, 0.717) is 15.9 Å². The second-order valence-corrected chi connectivity index (χ2v) is 9.49. The van der Waals surface area contributed by atoms with Crippen LogP contribution in [0.1, 0.15) is 16.1 Å². The number of sulfonamides is 1. The Morgan fingerprint density at radius 2 is 1.91 bits per heavy atom. The van der Waals surface area contributed by atoms with Gasteiger partial charge in [-0.15, -0.1) is 0 Å². The van der Waals surface area contributed by atoms with Gasteiger partial charge in [0.2, 0.25) is 10.0 Å². The summed E-state index contributed by atoms with van der Waals surface area (Å²) in [5, 5.41) is 0.648. The highest BCUT2D eigenvalue weighted by Crippen LogP contribution is 2.36. The molecule has 2 N–H and O–H groups in total. The van der Waals surface area contributed by atoms with Crippen LogP contribution >= 0.6 is 11.6 Å². The molecule has 0 saturated carbocycles. The Morgan fingerprint density at radius 1 is 1.15 bits per heavy atom. The normalized spacial score (nSPS) is 11.6. The van der Waals surface area contributed by atoms with Crippen molar-refractivity contribution in [3.8, 4) is 11.1 Å². The minimum atomic E-state index is -3.99. The maximum absolute atomic E-state index is 14.5. The Hall–Kier alpha value is -3.50. The monoisotopic (exact) mass is 491 g/mol. The Kier molecular flexibility index (Phi) is 5.81. The Balaban J connectivity index is 2.11. The van der Waals surface area contributed by atoms with Gasteiger partial charge in [0.15, 0.2) is 11.6 Å². The van der Waals surface area contributed by atoms with E-state index in [-0.39, 0.29) is 28.9 Å². The van der Waals surface area contributed by atoms with Gasteiger partial charge in [-0.1, -0.05) is 23.7 Å². The number of amides is 1. The van der Waals surface area contributed by atoms with Crippen molar-refractivity contribution in [2.24, 2.45) is 0 Å². The fourth-order valence-corrected chi connectivity index (χ4v) is 4.28. The molecule has 7 nitrogen and oxygen atoms in total. The second kappa shape index (κ2) is 8.45. The van der Waals surface area contributed by atoms with Crippen molar-refractivity contribution in [3.05, 3.63) is 93.0 Å². The number of aromatic nitrogens is 2.